The Kier molecular flexibility index (Phi) is 39.2. The molecule has 16 nitrogen and oxygen atoms in total. The summed E-state index contributed by atoms with van der Waals surface area (Å²) in [7, 11) is 0. The number of carboxylic acid groups (broad SMARTS) is 4. The molecule has 4 atom stereocenters. The molecule has 0 aromatic rings. The Morgan fingerprint density at radius 3 is 0.600 bits per heavy atom. The van der Waals surface area contributed by atoms with Crippen molar-refractivity contribution in [2.45, 2.75) is 24.4 Å². The molecule has 18 heteroatoms. The van der Waals surface area contributed by atoms with Crippen molar-refractivity contribution in [1.29, 1.82) is 0 Å². The summed E-state index contributed by atoms with van der Waals surface area (Å²) >= 11 is 0. The Balaban J connectivity index is -0.0000000626. The number of carbonyl (C=O) groups excluding carboxylic acids is 4. The molecule has 0 saturated carbocycles. The van der Waals surface area contributed by atoms with Crippen molar-refractivity contribution in [2.75, 3.05) is 26.4 Å². The van der Waals surface area contributed by atoms with Gasteiger partial charge in [-0.1, -0.05) is 0 Å². The number of hydrogen-bond acceptors (Lipinski definition) is 16. The van der Waals surface area contributed by atoms with Gasteiger partial charge in [0.1, 0.15) is 24.4 Å². The summed E-state index contributed by atoms with van der Waals surface area (Å²) in [5, 5.41) is 101. The zero-order valence-electron chi connectivity index (χ0n) is 14.7. The Bertz CT molecular complexity index is 370. The van der Waals surface area contributed by atoms with Crippen molar-refractivity contribution in [1.82, 2.24) is 0 Å². The molecule has 0 rings (SSSR count). The minimum Gasteiger partial charge on any atom is -0.547 e. The molecule has 0 amide bonds. The number of hydrogen-bond donors (Lipinski definition) is 8. The van der Waals surface area contributed by atoms with Gasteiger partial charge in [0.2, 0.25) is 0 Å². The molecule has 0 aromatic heterocycles. The molecule has 0 aromatic carbocycles. The number of carbonyl (C=O) groups is 4. The van der Waals surface area contributed by atoms with Crippen molar-refractivity contribution < 1.29 is 114 Å². The number of rotatable bonds is 8. The number of aliphatic hydroxyl groups is 8. The standard InChI is InChI=1S/4C3H6O4.Fe.Ni/c4*4-1-2(5)3(6)7;;/h4*2,4-5H,1H2,(H,6,7);;/q;;;;2*+2/p-4. The van der Waals surface area contributed by atoms with Crippen LogP contribution >= 0.6 is 0 Å². The molecule has 0 saturated heterocycles. The summed E-state index contributed by atoms with van der Waals surface area (Å²) in [5.74, 6) is -6.60. The van der Waals surface area contributed by atoms with Crippen LogP contribution in [-0.4, -0.2) is 116 Å². The topological polar surface area (TPSA) is 322 Å². The zero-order chi connectivity index (χ0) is 23.4. The molecular formula is C12H20FeNiO16. The molecule has 0 fully saturated rings. The minimum absolute atomic E-state index is 0. The molecule has 8 N–H and O–H groups in total. The summed E-state index contributed by atoms with van der Waals surface area (Å²) in [4.78, 5) is 37.6. The van der Waals surface area contributed by atoms with Crippen molar-refractivity contribution >= 4 is 23.9 Å². The van der Waals surface area contributed by atoms with Gasteiger partial charge in [0.05, 0.1) is 50.3 Å². The summed E-state index contributed by atoms with van der Waals surface area (Å²) in [6.07, 6.45) is -6.94. The van der Waals surface area contributed by atoms with Crippen LogP contribution in [0.5, 0.6) is 0 Å². The molecule has 0 radical (unpaired) electrons. The molecule has 30 heavy (non-hydrogen) atoms. The Morgan fingerprint density at radius 1 is 0.500 bits per heavy atom. The van der Waals surface area contributed by atoms with Gasteiger partial charge in [-0.05, 0) is 0 Å². The summed E-state index contributed by atoms with van der Waals surface area (Å²) in [5.41, 5.74) is 0. The fourth-order valence-corrected chi connectivity index (χ4v) is 0.298. The Hall–Kier alpha value is -1.43. The molecular weight excluding hydrogens is 515 g/mol. The van der Waals surface area contributed by atoms with Crippen molar-refractivity contribution in [3.8, 4) is 0 Å². The summed E-state index contributed by atoms with van der Waals surface area (Å²) in [6, 6.07) is 0. The van der Waals surface area contributed by atoms with Crippen molar-refractivity contribution in [3.05, 3.63) is 0 Å². The van der Waals surface area contributed by atoms with Crippen LogP contribution in [-0.2, 0) is 52.7 Å². The van der Waals surface area contributed by atoms with E-state index in [-0.39, 0.29) is 33.6 Å². The van der Waals surface area contributed by atoms with E-state index < -0.39 is 74.7 Å². The molecule has 0 aliphatic carbocycles. The summed E-state index contributed by atoms with van der Waals surface area (Å²) in [6.45, 7) is -3.16. The van der Waals surface area contributed by atoms with Gasteiger partial charge in [-0.3, -0.25) is 0 Å². The molecule has 4 unspecified atom stereocenters. The maximum absolute atomic E-state index is 9.41. The predicted molar refractivity (Wildman–Crippen MR) is 72.4 cm³/mol. The minimum atomic E-state index is -1.74. The van der Waals surface area contributed by atoms with Crippen LogP contribution < -0.4 is 20.4 Å². The quantitative estimate of drug-likeness (QED) is 0.134. The van der Waals surface area contributed by atoms with E-state index in [4.69, 9.17) is 40.9 Å². The SMILES string of the molecule is O=C([O-])C(O)CO.O=C([O-])C(O)CO.O=C([O-])C(O)CO.O=C([O-])C(O)CO.[Fe+2].[Ni+2]. The van der Waals surface area contributed by atoms with Crippen LogP contribution in [0, 0.1) is 0 Å². The number of aliphatic hydroxyl groups excluding tert-OH is 8. The van der Waals surface area contributed by atoms with Crippen molar-refractivity contribution in [3.63, 3.8) is 0 Å². The molecule has 182 valence electrons. The average molecular weight is 535 g/mol. The molecule has 0 bridgehead atoms. The first-order chi connectivity index (χ1) is 12.7. The monoisotopic (exact) mass is 534 g/mol. The van der Waals surface area contributed by atoms with E-state index in [1.807, 2.05) is 0 Å². The van der Waals surface area contributed by atoms with Gasteiger partial charge in [0.15, 0.2) is 0 Å². The van der Waals surface area contributed by atoms with Gasteiger partial charge in [-0.2, -0.15) is 0 Å². The second kappa shape index (κ2) is 27.6. The smallest absolute Gasteiger partial charge is 0.547 e. The van der Waals surface area contributed by atoms with Crippen LogP contribution in [0.1, 0.15) is 0 Å². The Morgan fingerprint density at radius 2 is 0.600 bits per heavy atom. The Labute approximate surface area is 189 Å². The van der Waals surface area contributed by atoms with E-state index in [1.165, 1.54) is 0 Å². The molecule has 0 aliphatic rings. The van der Waals surface area contributed by atoms with Gasteiger partial charge in [0, 0.05) is 0 Å². The molecule has 0 aliphatic heterocycles. The molecule has 0 heterocycles. The van der Waals surface area contributed by atoms with E-state index >= 15 is 0 Å². The van der Waals surface area contributed by atoms with Gasteiger partial charge in [-0.15, -0.1) is 0 Å². The number of carboxylic acids is 4. The van der Waals surface area contributed by atoms with Gasteiger partial charge >= 0.3 is 33.6 Å². The second-order valence-electron chi connectivity index (χ2n) is 4.07. The predicted octanol–water partition coefficient (Wildman–Crippen LogP) is -11.6. The van der Waals surface area contributed by atoms with Crippen LogP contribution in [0.3, 0.4) is 0 Å². The van der Waals surface area contributed by atoms with E-state index in [9.17, 15) is 39.6 Å². The van der Waals surface area contributed by atoms with Crippen LogP contribution in [0.2, 0.25) is 0 Å². The van der Waals surface area contributed by atoms with Gasteiger partial charge < -0.3 is 80.5 Å². The third kappa shape index (κ3) is 34.1. The second-order valence-corrected chi connectivity index (χ2v) is 4.07. The third-order valence-electron chi connectivity index (χ3n) is 1.78. The average Bonchev–Trinajstić information content (AvgIpc) is 2.66. The third-order valence-corrected chi connectivity index (χ3v) is 1.78. The first kappa shape index (κ1) is 42.6. The van der Waals surface area contributed by atoms with E-state index in [1.54, 1.807) is 0 Å². The summed E-state index contributed by atoms with van der Waals surface area (Å²) < 4.78 is 0. The van der Waals surface area contributed by atoms with E-state index in [0.717, 1.165) is 0 Å². The van der Waals surface area contributed by atoms with E-state index in [2.05, 4.69) is 0 Å². The van der Waals surface area contributed by atoms with Crippen LogP contribution in [0.4, 0.5) is 0 Å². The first-order valence-corrected chi connectivity index (χ1v) is 6.72. The van der Waals surface area contributed by atoms with Gasteiger partial charge in [-0.25, -0.2) is 0 Å². The normalized spacial score (nSPS) is 12.5. The van der Waals surface area contributed by atoms with Crippen molar-refractivity contribution in [2.24, 2.45) is 0 Å². The maximum Gasteiger partial charge on any atom is 2.00 e. The molecule has 0 spiro atoms. The zero-order valence-corrected chi connectivity index (χ0v) is 16.7. The number of aliphatic carboxylic acids is 4. The van der Waals surface area contributed by atoms with Crippen LogP contribution in [0.15, 0.2) is 0 Å². The fourth-order valence-electron chi connectivity index (χ4n) is 0.298. The fraction of sp³-hybridized carbons (Fsp3) is 0.667. The first-order valence-electron chi connectivity index (χ1n) is 6.72. The van der Waals surface area contributed by atoms with E-state index in [0.29, 0.717) is 0 Å². The maximum atomic E-state index is 9.41. The van der Waals surface area contributed by atoms with Gasteiger partial charge in [0.25, 0.3) is 0 Å². The van der Waals surface area contributed by atoms with Crippen LogP contribution in [0.25, 0.3) is 0 Å². The largest absolute Gasteiger partial charge is 2.00 e.